The number of aliphatic hydroxyl groups excluding tert-OH is 1. The summed E-state index contributed by atoms with van der Waals surface area (Å²) in [5, 5.41) is 12.8. The van der Waals surface area contributed by atoms with E-state index in [1.165, 1.54) is 0 Å². The van der Waals surface area contributed by atoms with Gasteiger partial charge in [0.05, 0.1) is 31.3 Å². The molecule has 0 spiro atoms. The molecule has 2 rings (SSSR count). The third kappa shape index (κ3) is 3.09. The molecule has 0 aromatic heterocycles. The molecule has 1 atom stereocenters. The van der Waals surface area contributed by atoms with Gasteiger partial charge in [0.2, 0.25) is 5.91 Å². The Kier molecular flexibility index (Phi) is 5.19. The zero-order valence-electron chi connectivity index (χ0n) is 11.9. The topological polar surface area (TPSA) is 61.8 Å². The second-order valence-electron chi connectivity index (χ2n) is 5.69. The van der Waals surface area contributed by atoms with Gasteiger partial charge < -0.3 is 20.1 Å². The number of carbonyl (C=O) groups excluding carboxylic acids is 1. The highest BCUT2D eigenvalue weighted by atomic mass is 16.5. The van der Waals surface area contributed by atoms with Crippen molar-refractivity contribution in [2.45, 2.75) is 38.6 Å². The van der Waals surface area contributed by atoms with E-state index in [-0.39, 0.29) is 24.0 Å². The molecule has 0 saturated carbocycles. The van der Waals surface area contributed by atoms with Crippen LogP contribution in [0.4, 0.5) is 0 Å². The maximum atomic E-state index is 13.0. The summed E-state index contributed by atoms with van der Waals surface area (Å²) in [5.41, 5.74) is -0.217. The fourth-order valence-corrected chi connectivity index (χ4v) is 3.33. The maximum absolute atomic E-state index is 13.0. The third-order valence-corrected chi connectivity index (χ3v) is 4.44. The van der Waals surface area contributed by atoms with Crippen LogP contribution in [0, 0.1) is 5.41 Å². The van der Waals surface area contributed by atoms with Crippen LogP contribution in [-0.4, -0.2) is 61.4 Å². The number of carbonyl (C=O) groups is 1. The standard InChI is InChI=1S/C14H26N2O3/c1-2-3-14(4-6-15-7-5-14)13(18)16-8-9-19-11-12(16)10-17/h12,15,17H,2-11H2,1H3. The second-order valence-corrected chi connectivity index (χ2v) is 5.69. The van der Waals surface area contributed by atoms with Gasteiger partial charge in [-0.1, -0.05) is 13.3 Å². The van der Waals surface area contributed by atoms with E-state index in [1.54, 1.807) is 0 Å². The van der Waals surface area contributed by atoms with Gasteiger partial charge in [0.1, 0.15) is 0 Å². The van der Waals surface area contributed by atoms with Gasteiger partial charge in [-0.05, 0) is 32.4 Å². The lowest BCUT2D eigenvalue weighted by Crippen LogP contribution is -2.57. The molecule has 1 unspecified atom stereocenters. The van der Waals surface area contributed by atoms with Crippen molar-refractivity contribution in [1.82, 2.24) is 10.2 Å². The lowest BCUT2D eigenvalue weighted by atomic mass is 9.74. The quantitative estimate of drug-likeness (QED) is 0.775. The van der Waals surface area contributed by atoms with Gasteiger partial charge >= 0.3 is 0 Å². The molecule has 2 heterocycles. The van der Waals surface area contributed by atoms with E-state index in [9.17, 15) is 9.90 Å². The first-order chi connectivity index (χ1) is 9.23. The molecule has 2 fully saturated rings. The van der Waals surface area contributed by atoms with Crippen LogP contribution in [0.15, 0.2) is 0 Å². The predicted molar refractivity (Wildman–Crippen MR) is 72.9 cm³/mol. The van der Waals surface area contributed by atoms with Crippen molar-refractivity contribution < 1.29 is 14.6 Å². The Morgan fingerprint density at radius 2 is 2.21 bits per heavy atom. The molecule has 2 aliphatic heterocycles. The van der Waals surface area contributed by atoms with E-state index in [1.807, 2.05) is 4.90 Å². The molecule has 0 aromatic rings. The van der Waals surface area contributed by atoms with E-state index in [0.29, 0.717) is 19.8 Å². The minimum atomic E-state index is -0.217. The van der Waals surface area contributed by atoms with Crippen molar-refractivity contribution in [2.24, 2.45) is 5.41 Å². The summed E-state index contributed by atoms with van der Waals surface area (Å²) in [4.78, 5) is 14.8. The van der Waals surface area contributed by atoms with Crippen LogP contribution in [0.3, 0.4) is 0 Å². The van der Waals surface area contributed by atoms with Crippen LogP contribution in [0.2, 0.25) is 0 Å². The monoisotopic (exact) mass is 270 g/mol. The summed E-state index contributed by atoms with van der Waals surface area (Å²) in [6.45, 7) is 5.63. The molecule has 110 valence electrons. The predicted octanol–water partition coefficient (Wildman–Crippen LogP) is 0.376. The fraction of sp³-hybridized carbons (Fsp3) is 0.929. The Labute approximate surface area is 115 Å². The number of aliphatic hydroxyl groups is 1. The Bertz CT molecular complexity index is 298. The van der Waals surface area contributed by atoms with Crippen LogP contribution >= 0.6 is 0 Å². The van der Waals surface area contributed by atoms with E-state index in [4.69, 9.17) is 4.74 Å². The van der Waals surface area contributed by atoms with E-state index < -0.39 is 0 Å². The Morgan fingerprint density at radius 1 is 1.47 bits per heavy atom. The first kappa shape index (κ1) is 14.8. The average molecular weight is 270 g/mol. The summed E-state index contributed by atoms with van der Waals surface area (Å²) in [6, 6.07) is -0.162. The summed E-state index contributed by atoms with van der Waals surface area (Å²) in [6.07, 6.45) is 3.80. The molecule has 2 saturated heterocycles. The smallest absolute Gasteiger partial charge is 0.229 e. The van der Waals surface area contributed by atoms with E-state index in [2.05, 4.69) is 12.2 Å². The van der Waals surface area contributed by atoms with Crippen molar-refractivity contribution in [3.05, 3.63) is 0 Å². The maximum Gasteiger partial charge on any atom is 0.229 e. The highest BCUT2D eigenvalue weighted by molar-refractivity contribution is 5.83. The third-order valence-electron chi connectivity index (χ3n) is 4.44. The van der Waals surface area contributed by atoms with Crippen molar-refractivity contribution in [3.8, 4) is 0 Å². The van der Waals surface area contributed by atoms with Gasteiger partial charge in [-0.2, -0.15) is 0 Å². The SMILES string of the molecule is CCCC1(C(=O)N2CCOCC2CO)CCNCC1. The van der Waals surface area contributed by atoms with Crippen LogP contribution < -0.4 is 5.32 Å². The molecule has 0 bridgehead atoms. The van der Waals surface area contributed by atoms with Gasteiger partial charge in [-0.25, -0.2) is 0 Å². The minimum Gasteiger partial charge on any atom is -0.394 e. The van der Waals surface area contributed by atoms with Crippen molar-refractivity contribution in [2.75, 3.05) is 39.5 Å². The number of morpholine rings is 1. The molecule has 5 nitrogen and oxygen atoms in total. The molecular weight excluding hydrogens is 244 g/mol. The largest absolute Gasteiger partial charge is 0.394 e. The van der Waals surface area contributed by atoms with Crippen LogP contribution in [-0.2, 0) is 9.53 Å². The number of hydrogen-bond acceptors (Lipinski definition) is 4. The zero-order valence-corrected chi connectivity index (χ0v) is 11.9. The minimum absolute atomic E-state index is 0.00774. The highest BCUT2D eigenvalue weighted by Gasteiger charge is 2.43. The van der Waals surface area contributed by atoms with E-state index >= 15 is 0 Å². The molecule has 19 heavy (non-hydrogen) atoms. The van der Waals surface area contributed by atoms with Gasteiger partial charge in [0.25, 0.3) is 0 Å². The zero-order chi connectivity index (χ0) is 13.7. The molecule has 5 heteroatoms. The molecular formula is C14H26N2O3. The summed E-state index contributed by atoms with van der Waals surface area (Å²) in [5.74, 6) is 0.234. The van der Waals surface area contributed by atoms with Crippen molar-refractivity contribution >= 4 is 5.91 Å². The molecule has 0 radical (unpaired) electrons. The van der Waals surface area contributed by atoms with Gasteiger partial charge in [-0.15, -0.1) is 0 Å². The Hall–Kier alpha value is -0.650. The van der Waals surface area contributed by atoms with Crippen molar-refractivity contribution in [1.29, 1.82) is 0 Å². The summed E-state index contributed by atoms with van der Waals surface area (Å²) >= 11 is 0. The second kappa shape index (κ2) is 6.68. The number of piperidine rings is 1. The van der Waals surface area contributed by atoms with Gasteiger partial charge in [-0.3, -0.25) is 4.79 Å². The Balaban J connectivity index is 2.13. The summed E-state index contributed by atoms with van der Waals surface area (Å²) in [7, 11) is 0. The average Bonchev–Trinajstić information content (AvgIpc) is 2.47. The summed E-state index contributed by atoms with van der Waals surface area (Å²) < 4.78 is 5.37. The fourth-order valence-electron chi connectivity index (χ4n) is 3.33. The lowest BCUT2D eigenvalue weighted by Gasteiger charge is -2.44. The number of hydrogen-bond donors (Lipinski definition) is 2. The number of nitrogens with one attached hydrogen (secondary N) is 1. The Morgan fingerprint density at radius 3 is 2.84 bits per heavy atom. The van der Waals surface area contributed by atoms with Crippen LogP contribution in [0.5, 0.6) is 0 Å². The molecule has 0 aliphatic carbocycles. The van der Waals surface area contributed by atoms with Crippen LogP contribution in [0.25, 0.3) is 0 Å². The number of ether oxygens (including phenoxy) is 1. The number of rotatable bonds is 4. The lowest BCUT2D eigenvalue weighted by molar-refractivity contribution is -0.155. The van der Waals surface area contributed by atoms with Gasteiger partial charge in [0, 0.05) is 6.54 Å². The van der Waals surface area contributed by atoms with Gasteiger partial charge in [0.15, 0.2) is 0 Å². The number of nitrogens with zero attached hydrogens (tertiary/aromatic N) is 1. The normalized spacial score (nSPS) is 27.3. The molecule has 2 N–H and O–H groups in total. The van der Waals surface area contributed by atoms with Crippen LogP contribution in [0.1, 0.15) is 32.6 Å². The first-order valence-electron chi connectivity index (χ1n) is 7.44. The van der Waals surface area contributed by atoms with Crippen molar-refractivity contribution in [3.63, 3.8) is 0 Å². The first-order valence-corrected chi connectivity index (χ1v) is 7.44. The molecule has 2 aliphatic rings. The van der Waals surface area contributed by atoms with E-state index in [0.717, 1.165) is 38.8 Å². The molecule has 0 aromatic carbocycles. The molecule has 1 amide bonds. The number of amides is 1. The highest BCUT2D eigenvalue weighted by Crippen LogP contribution is 2.37.